The van der Waals surface area contributed by atoms with E-state index in [-0.39, 0.29) is 16.6 Å². The molecule has 3 N–H and O–H groups in total. The highest BCUT2D eigenvalue weighted by Gasteiger charge is 2.34. The van der Waals surface area contributed by atoms with Gasteiger partial charge in [-0.15, -0.1) is 11.3 Å². The van der Waals surface area contributed by atoms with Crippen LogP contribution < -0.4 is 10.6 Å². The summed E-state index contributed by atoms with van der Waals surface area (Å²) in [5.74, 6) is -1.35. The van der Waals surface area contributed by atoms with E-state index in [4.69, 9.17) is 11.6 Å². The number of nitrogens with one attached hydrogen (secondary N) is 3. The highest BCUT2D eigenvalue weighted by Crippen LogP contribution is 2.35. The number of rotatable bonds is 5. The van der Waals surface area contributed by atoms with Gasteiger partial charge in [0.05, 0.1) is 34.6 Å². The van der Waals surface area contributed by atoms with Gasteiger partial charge < -0.3 is 10.6 Å². The minimum absolute atomic E-state index is 0.135. The van der Waals surface area contributed by atoms with Crippen LogP contribution in [0, 0.1) is 6.92 Å². The molecule has 2 amide bonds. The molecule has 3 rings (SSSR count). The second-order valence-corrected chi connectivity index (χ2v) is 7.64. The highest BCUT2D eigenvalue weighted by molar-refractivity contribution is 7.13. The van der Waals surface area contributed by atoms with Crippen LogP contribution in [0.15, 0.2) is 24.7 Å². The lowest BCUT2D eigenvalue weighted by atomic mass is 10.2. The van der Waals surface area contributed by atoms with Gasteiger partial charge >= 0.3 is 6.18 Å². The third kappa shape index (κ3) is 4.76. The number of aryl methyl sites for hydroxylation is 1. The molecular weight excluding hydrogens is 445 g/mol. The standard InChI is InChI=1S/C17H14ClF3N6O2S/c1-7-9(4-24-27-7)14(28)25-8(2)16-23-6-12(30-16)15(29)26-13-3-10(17(19,20)21)11(18)5-22-13/h3-6,8H,1-2H3,(H,24,27)(H,25,28)(H,22,26,29)/t8-/m1/s1. The fourth-order valence-corrected chi connectivity index (χ4v) is 3.44. The number of pyridine rings is 1. The number of aromatic amines is 1. The molecule has 0 saturated carbocycles. The molecule has 0 unspecified atom stereocenters. The lowest BCUT2D eigenvalue weighted by Gasteiger charge is -2.11. The average Bonchev–Trinajstić information content (AvgIpc) is 3.31. The number of carbonyl (C=O) groups excluding carboxylic acids is 2. The number of hydrogen-bond acceptors (Lipinski definition) is 6. The Kier molecular flexibility index (Phi) is 6.08. The lowest BCUT2D eigenvalue weighted by molar-refractivity contribution is -0.137. The smallest absolute Gasteiger partial charge is 0.343 e. The number of alkyl halides is 3. The molecule has 3 aromatic heterocycles. The number of H-pyrrole nitrogens is 1. The molecule has 0 spiro atoms. The second kappa shape index (κ2) is 8.40. The first-order valence-corrected chi connectivity index (χ1v) is 9.56. The Bertz CT molecular complexity index is 1100. The van der Waals surface area contributed by atoms with E-state index in [1.807, 2.05) is 0 Å². The van der Waals surface area contributed by atoms with Crippen molar-refractivity contribution < 1.29 is 22.8 Å². The van der Waals surface area contributed by atoms with E-state index in [0.29, 0.717) is 22.3 Å². The topological polar surface area (TPSA) is 113 Å². The Morgan fingerprint density at radius 3 is 2.57 bits per heavy atom. The number of hydrogen-bond donors (Lipinski definition) is 3. The number of thiazole rings is 1. The van der Waals surface area contributed by atoms with Crippen molar-refractivity contribution in [2.75, 3.05) is 5.32 Å². The van der Waals surface area contributed by atoms with E-state index in [1.165, 1.54) is 12.4 Å². The largest absolute Gasteiger partial charge is 0.418 e. The molecule has 0 fully saturated rings. The van der Waals surface area contributed by atoms with Crippen LogP contribution >= 0.6 is 22.9 Å². The van der Waals surface area contributed by atoms with Gasteiger partial charge in [-0.2, -0.15) is 18.3 Å². The van der Waals surface area contributed by atoms with Crippen molar-refractivity contribution in [2.45, 2.75) is 26.1 Å². The fraction of sp³-hybridized carbons (Fsp3) is 0.235. The fourth-order valence-electron chi connectivity index (χ4n) is 2.41. The van der Waals surface area contributed by atoms with E-state index >= 15 is 0 Å². The molecular formula is C17H14ClF3N6O2S. The van der Waals surface area contributed by atoms with Gasteiger partial charge in [-0.1, -0.05) is 11.6 Å². The maximum absolute atomic E-state index is 12.9. The van der Waals surface area contributed by atoms with Crippen molar-refractivity contribution in [3.05, 3.63) is 56.4 Å². The summed E-state index contributed by atoms with van der Waals surface area (Å²) in [6.45, 7) is 3.39. The molecule has 30 heavy (non-hydrogen) atoms. The molecule has 1 atom stereocenters. The molecule has 0 aliphatic rings. The van der Waals surface area contributed by atoms with E-state index < -0.39 is 28.7 Å². The Labute approximate surface area is 176 Å². The summed E-state index contributed by atoms with van der Waals surface area (Å²) in [6, 6.07) is 0.141. The second-order valence-electron chi connectivity index (χ2n) is 6.17. The van der Waals surface area contributed by atoms with Crippen LogP contribution in [0.4, 0.5) is 19.0 Å². The quantitative estimate of drug-likeness (QED) is 0.535. The Morgan fingerprint density at radius 1 is 1.20 bits per heavy atom. The Morgan fingerprint density at radius 2 is 1.93 bits per heavy atom. The van der Waals surface area contributed by atoms with Crippen LogP contribution in [-0.4, -0.2) is 32.0 Å². The van der Waals surface area contributed by atoms with Crippen molar-refractivity contribution in [3.8, 4) is 0 Å². The zero-order valence-corrected chi connectivity index (χ0v) is 17.0. The summed E-state index contributed by atoms with van der Waals surface area (Å²) < 4.78 is 38.8. The summed E-state index contributed by atoms with van der Waals surface area (Å²) in [4.78, 5) is 32.5. The van der Waals surface area contributed by atoms with Crippen LogP contribution in [0.5, 0.6) is 0 Å². The summed E-state index contributed by atoms with van der Waals surface area (Å²) >= 11 is 6.50. The van der Waals surface area contributed by atoms with Gasteiger partial charge in [-0.25, -0.2) is 9.97 Å². The molecule has 8 nitrogen and oxygen atoms in total. The summed E-state index contributed by atoms with van der Waals surface area (Å²) in [6.07, 6.45) is -1.21. The molecule has 13 heteroatoms. The first kappa shape index (κ1) is 21.7. The maximum Gasteiger partial charge on any atom is 0.418 e. The molecule has 0 bridgehead atoms. The van der Waals surface area contributed by atoms with Crippen molar-refractivity contribution in [3.63, 3.8) is 0 Å². The van der Waals surface area contributed by atoms with Crippen LogP contribution in [0.2, 0.25) is 5.02 Å². The molecule has 0 radical (unpaired) electrons. The average molecular weight is 459 g/mol. The minimum atomic E-state index is -4.68. The SMILES string of the molecule is Cc1[nH]ncc1C(=O)N[C@H](C)c1ncc(C(=O)Nc2cc(C(F)(F)F)c(Cl)cn2)s1. The zero-order chi connectivity index (χ0) is 22.1. The number of nitrogens with zero attached hydrogens (tertiary/aromatic N) is 3. The minimum Gasteiger partial charge on any atom is -0.343 e. The van der Waals surface area contributed by atoms with Gasteiger partial charge in [-0.05, 0) is 19.9 Å². The summed E-state index contributed by atoms with van der Waals surface area (Å²) in [7, 11) is 0. The summed E-state index contributed by atoms with van der Waals surface area (Å²) in [5.41, 5.74) is -0.122. The van der Waals surface area contributed by atoms with Gasteiger partial charge in [-0.3, -0.25) is 14.7 Å². The summed E-state index contributed by atoms with van der Waals surface area (Å²) in [5, 5.41) is 11.3. The third-order valence-corrected chi connectivity index (χ3v) is 5.42. The molecule has 3 heterocycles. The maximum atomic E-state index is 12.9. The molecule has 0 saturated heterocycles. The lowest BCUT2D eigenvalue weighted by Crippen LogP contribution is -2.26. The van der Waals surface area contributed by atoms with Gasteiger partial charge in [0.25, 0.3) is 11.8 Å². The first-order valence-electron chi connectivity index (χ1n) is 8.37. The third-order valence-electron chi connectivity index (χ3n) is 3.94. The van der Waals surface area contributed by atoms with Crippen LogP contribution in [0.3, 0.4) is 0 Å². The molecule has 158 valence electrons. The number of aromatic nitrogens is 4. The Hall–Kier alpha value is -2.99. The van der Waals surface area contributed by atoms with Gasteiger partial charge in [0, 0.05) is 11.9 Å². The predicted octanol–water partition coefficient (Wildman–Crippen LogP) is 3.99. The highest BCUT2D eigenvalue weighted by atomic mass is 35.5. The van der Waals surface area contributed by atoms with Gasteiger partial charge in [0.1, 0.15) is 15.7 Å². The normalized spacial score (nSPS) is 12.5. The van der Waals surface area contributed by atoms with Crippen LogP contribution in [0.25, 0.3) is 0 Å². The van der Waals surface area contributed by atoms with Gasteiger partial charge in [0.2, 0.25) is 0 Å². The van der Waals surface area contributed by atoms with Crippen molar-refractivity contribution >= 4 is 40.6 Å². The van der Waals surface area contributed by atoms with E-state index in [0.717, 1.165) is 17.5 Å². The number of anilines is 1. The van der Waals surface area contributed by atoms with Crippen molar-refractivity contribution in [1.82, 2.24) is 25.5 Å². The molecule has 0 aliphatic carbocycles. The van der Waals surface area contributed by atoms with Crippen LogP contribution in [-0.2, 0) is 6.18 Å². The molecule has 0 aliphatic heterocycles. The number of halogens is 4. The van der Waals surface area contributed by atoms with E-state index in [1.54, 1.807) is 13.8 Å². The molecule has 0 aromatic carbocycles. The zero-order valence-electron chi connectivity index (χ0n) is 15.5. The monoisotopic (exact) mass is 458 g/mol. The number of amides is 2. The predicted molar refractivity (Wildman–Crippen MR) is 104 cm³/mol. The van der Waals surface area contributed by atoms with Crippen molar-refractivity contribution in [1.29, 1.82) is 0 Å². The van der Waals surface area contributed by atoms with E-state index in [9.17, 15) is 22.8 Å². The van der Waals surface area contributed by atoms with E-state index in [2.05, 4.69) is 30.8 Å². The number of carbonyl (C=O) groups is 2. The first-order chi connectivity index (χ1) is 14.1. The van der Waals surface area contributed by atoms with Crippen molar-refractivity contribution in [2.24, 2.45) is 0 Å². The van der Waals surface area contributed by atoms with Gasteiger partial charge in [0.15, 0.2) is 0 Å². The Balaban J connectivity index is 1.69. The van der Waals surface area contributed by atoms with Crippen LogP contribution in [0.1, 0.15) is 49.3 Å². The molecule has 3 aromatic rings.